The van der Waals surface area contributed by atoms with Crippen molar-refractivity contribution in [3.8, 4) is 0 Å². The van der Waals surface area contributed by atoms with E-state index in [1.165, 1.54) is 17.5 Å². The van der Waals surface area contributed by atoms with E-state index in [-0.39, 0.29) is 0 Å². The second-order valence-corrected chi connectivity index (χ2v) is 14.4. The van der Waals surface area contributed by atoms with Crippen LogP contribution in [-0.2, 0) is 7.05 Å². The highest BCUT2D eigenvalue weighted by Gasteiger charge is 1.81. The van der Waals surface area contributed by atoms with Gasteiger partial charge in [-0.2, -0.15) is 66.6 Å². The number of hydrogen-bond acceptors (Lipinski definition) is 19. The van der Waals surface area contributed by atoms with E-state index in [9.17, 15) is 0 Å². The largest absolute Gasteiger partial charge is 0.265 e. The van der Waals surface area contributed by atoms with Crippen molar-refractivity contribution < 1.29 is 0 Å². The summed E-state index contributed by atoms with van der Waals surface area (Å²) in [6, 6.07) is 23.1. The van der Waals surface area contributed by atoms with Gasteiger partial charge >= 0.3 is 0 Å². The topological polar surface area (TPSA) is 297 Å². The van der Waals surface area contributed by atoms with E-state index in [0.717, 1.165) is 45.6 Å². The third kappa shape index (κ3) is 103. The molecule has 23 nitrogen and oxygen atoms in total. The Morgan fingerprint density at radius 3 is 0.884 bits per heavy atom. The molecule has 0 saturated carbocycles. The fraction of sp³-hybridized carbons (Fsp3) is 0.458. The van der Waals surface area contributed by atoms with Gasteiger partial charge in [-0.05, 0) is 147 Å². The number of aromatic nitrogens is 23. The Morgan fingerprint density at radius 2 is 0.716 bits per heavy atom. The van der Waals surface area contributed by atoms with Crippen LogP contribution < -0.4 is 0 Å². The summed E-state index contributed by atoms with van der Waals surface area (Å²) in [5.41, 5.74) is 9.44. The number of aromatic amines is 3. The van der Waals surface area contributed by atoms with Crippen LogP contribution >= 0.6 is 0 Å². The summed E-state index contributed by atoms with van der Waals surface area (Å²) in [7, 11) is 1.83. The molecule has 0 aliphatic heterocycles. The van der Waals surface area contributed by atoms with Crippen LogP contribution in [0.5, 0.6) is 0 Å². The third-order valence-corrected chi connectivity index (χ3v) is 7.48. The van der Waals surface area contributed by atoms with Gasteiger partial charge in [0.2, 0.25) is 0 Å². The van der Waals surface area contributed by atoms with Gasteiger partial charge in [0.1, 0.15) is 12.2 Å². The minimum Gasteiger partial charge on any atom is -0.265 e. The van der Waals surface area contributed by atoms with Gasteiger partial charge in [0.05, 0.1) is 53.8 Å². The van der Waals surface area contributed by atoms with E-state index >= 15 is 0 Å². The van der Waals surface area contributed by atoms with Gasteiger partial charge in [-0.3, -0.25) is 19.6 Å². The van der Waals surface area contributed by atoms with Gasteiger partial charge in [0.15, 0.2) is 0 Å². The summed E-state index contributed by atoms with van der Waals surface area (Å²) in [5, 5.41) is 50.8. The molecule has 0 aliphatic rings. The van der Waals surface area contributed by atoms with Crippen LogP contribution in [-0.4, -0.2) is 117 Å². The fourth-order valence-corrected chi connectivity index (χ4v) is 3.83. The first-order valence-corrected chi connectivity index (χ1v) is 33.2. The zero-order valence-electron chi connectivity index (χ0n) is 65.2. The number of H-pyrrole nitrogens is 3. The minimum atomic E-state index is 0.822. The lowest BCUT2D eigenvalue weighted by Crippen LogP contribution is -1.85. The van der Waals surface area contributed by atoms with E-state index in [0.29, 0.717) is 0 Å². The molecule has 0 unspecified atom stereocenters. The maximum Gasteiger partial charge on any atom is 0.125 e. The van der Waals surface area contributed by atoms with Gasteiger partial charge in [-0.25, -0.2) is 19.9 Å². The highest BCUT2D eigenvalue weighted by Crippen LogP contribution is 1.90. The van der Waals surface area contributed by atoms with Crippen molar-refractivity contribution in [1.29, 1.82) is 0 Å². The second-order valence-electron chi connectivity index (χ2n) is 14.4. The minimum absolute atomic E-state index is 0.822. The van der Waals surface area contributed by atoms with Crippen LogP contribution in [0.15, 0.2) is 178 Å². The maximum absolute atomic E-state index is 3.98. The molecule has 11 aromatic rings. The molecule has 23 heteroatoms. The van der Waals surface area contributed by atoms with Crippen LogP contribution in [0.25, 0.3) is 0 Å². The smallest absolute Gasteiger partial charge is 0.125 e. The van der Waals surface area contributed by atoms with Crippen molar-refractivity contribution >= 4 is 0 Å². The molecule has 0 aliphatic carbocycles. The second kappa shape index (κ2) is 106. The van der Waals surface area contributed by atoms with E-state index in [2.05, 4.69) is 112 Å². The summed E-state index contributed by atoms with van der Waals surface area (Å²) in [6.07, 6.45) is 29.2. The zero-order chi connectivity index (χ0) is 75.4. The Balaban J connectivity index is -0.0000000882. The first-order chi connectivity index (χ1) is 46.3. The molecule has 0 bridgehead atoms. The number of rotatable bonds is 0. The molecule has 11 aromatic heterocycles. The summed E-state index contributed by atoms with van der Waals surface area (Å²) in [6.45, 7) is 63.4. The normalized spacial score (nSPS) is 7.42. The van der Waals surface area contributed by atoms with Gasteiger partial charge in [0, 0.05) is 86.6 Å². The molecule has 0 aromatic carbocycles. The average molecular weight is 1320 g/mol. The lowest BCUT2D eigenvalue weighted by atomic mass is 10.3. The number of pyridine rings is 3. The standard InChI is InChI=1S/3C6H7N.4C5H6N2.4C3H5N3.11C2H6/c1-6-2-4-7-5-3-6;1-6-3-2-4-7-5-6;1-6-4-2-3-5-7-6;1-5-2-3-6-4-7-5;1-5-2-3-6-7-4-5;1-5-6-3-2-4-7-5;1-5-3-2-4-6-7-5;1-6-3-2-4-5-6;3*1-3-2-4-6-5-3;11*1-2/h3*2-5H,1H3;4*2-4H,1H3;2-3H,1H3;3*2H,1H3,(H,4,5,6);11*1-2H3. The predicted octanol–water partition coefficient (Wildman–Crippen LogP) is 18.8. The number of aryl methyl sites for hydroxylation is 11. The van der Waals surface area contributed by atoms with Crippen molar-refractivity contribution in [2.24, 2.45) is 7.05 Å². The molecule has 534 valence electrons. The van der Waals surface area contributed by atoms with Gasteiger partial charge in [-0.15, -0.1) is 5.10 Å². The van der Waals surface area contributed by atoms with Crippen LogP contribution in [0.2, 0.25) is 0 Å². The molecule has 0 atom stereocenters. The summed E-state index contributed by atoms with van der Waals surface area (Å²) in [4.78, 5) is 27.0. The van der Waals surface area contributed by atoms with Crippen molar-refractivity contribution in [3.63, 3.8) is 0 Å². The maximum atomic E-state index is 3.98. The Labute approximate surface area is 577 Å². The van der Waals surface area contributed by atoms with Crippen molar-refractivity contribution in [1.82, 2.24) is 117 Å². The molecule has 11 rings (SSSR count). The highest BCUT2D eigenvalue weighted by molar-refractivity contribution is 5.06. The van der Waals surface area contributed by atoms with E-state index < -0.39 is 0 Å². The molecule has 0 radical (unpaired) electrons. The molecule has 0 spiro atoms. The van der Waals surface area contributed by atoms with Gasteiger partial charge in [0.25, 0.3) is 0 Å². The van der Waals surface area contributed by atoms with Crippen molar-refractivity contribution in [3.05, 3.63) is 235 Å². The first-order valence-electron chi connectivity index (χ1n) is 33.2. The van der Waals surface area contributed by atoms with Gasteiger partial charge < -0.3 is 0 Å². The number of nitrogens with zero attached hydrogens (tertiary/aromatic N) is 20. The van der Waals surface area contributed by atoms with Crippen LogP contribution in [0.4, 0.5) is 0 Å². The Morgan fingerprint density at radius 1 is 0.284 bits per heavy atom. The quantitative estimate of drug-likeness (QED) is 0.127. The highest BCUT2D eigenvalue weighted by atomic mass is 15.4. The molecule has 0 saturated heterocycles. The number of hydrogen-bond donors (Lipinski definition) is 3. The zero-order valence-corrected chi connectivity index (χ0v) is 65.2. The monoisotopic (exact) mass is 1320 g/mol. The van der Waals surface area contributed by atoms with E-state index in [1.54, 1.807) is 104 Å². The lowest BCUT2D eigenvalue weighted by Gasteiger charge is -1.82. The molecule has 0 amide bonds. The molecule has 3 N–H and O–H groups in total. The summed E-state index contributed by atoms with van der Waals surface area (Å²) in [5.74, 6) is 0.822. The van der Waals surface area contributed by atoms with E-state index in [1.807, 2.05) is 302 Å². The molecule has 95 heavy (non-hydrogen) atoms. The first kappa shape index (κ1) is 110. The lowest BCUT2D eigenvalue weighted by molar-refractivity contribution is 0.715. The average Bonchev–Trinajstić information content (AvgIpc) is 4.63. The molecule has 0 fully saturated rings. The number of nitrogens with one attached hydrogen (secondary N) is 3. The van der Waals surface area contributed by atoms with Crippen LogP contribution in [0.1, 0.15) is 209 Å². The SMILES string of the molecule is CC.CC.CC.CC.CC.CC.CC.CC.CC.CC.CC.Cc1ccccn1.Cc1cccnc1.Cc1cccnn1.Cc1ccncc1.Cc1ccncn1.Cc1ccnnc1.Cc1cn[nH]n1.Cc1cn[nH]n1.Cc1cn[nH]n1.Cc1ncccn1.Cn1ccnn1. The van der Waals surface area contributed by atoms with Crippen LogP contribution in [0.3, 0.4) is 0 Å². The third-order valence-electron chi connectivity index (χ3n) is 7.48. The fourth-order valence-electron chi connectivity index (χ4n) is 3.83. The Bertz CT molecular complexity index is 2260. The van der Waals surface area contributed by atoms with Crippen LogP contribution in [0, 0.1) is 69.2 Å². The van der Waals surface area contributed by atoms with E-state index in [4.69, 9.17) is 0 Å². The Kier molecular flexibility index (Phi) is 123. The summed E-state index contributed by atoms with van der Waals surface area (Å²) < 4.78 is 1.64. The van der Waals surface area contributed by atoms with Gasteiger partial charge in [-0.1, -0.05) is 170 Å². The summed E-state index contributed by atoms with van der Waals surface area (Å²) >= 11 is 0. The van der Waals surface area contributed by atoms with Crippen molar-refractivity contribution in [2.75, 3.05) is 0 Å². The predicted molar refractivity (Wildman–Crippen MR) is 403 cm³/mol. The Hall–Kier alpha value is -9.67. The molecule has 11 heterocycles. The molecular formula is C72H131N23. The van der Waals surface area contributed by atoms with Crippen molar-refractivity contribution in [2.45, 2.75) is 222 Å². The molecular weight excluding hydrogens is 1190 g/mol.